The van der Waals surface area contributed by atoms with Crippen LogP contribution in [0.1, 0.15) is 5.56 Å². The first-order valence-corrected chi connectivity index (χ1v) is 6.44. The van der Waals surface area contributed by atoms with Gasteiger partial charge in [-0.2, -0.15) is 0 Å². The first-order valence-electron chi connectivity index (χ1n) is 4.88. The van der Waals surface area contributed by atoms with Gasteiger partial charge in [0.2, 0.25) is 0 Å². The summed E-state index contributed by atoms with van der Waals surface area (Å²) in [4.78, 5) is 1.47. The SMILES string of the molecule is C=Cc1ccc([S+]2CCOCC2)cc1. The van der Waals surface area contributed by atoms with Crippen LogP contribution in [0.3, 0.4) is 0 Å². The van der Waals surface area contributed by atoms with Crippen molar-refractivity contribution in [1.82, 2.24) is 0 Å². The highest BCUT2D eigenvalue weighted by atomic mass is 32.2. The highest BCUT2D eigenvalue weighted by Crippen LogP contribution is 2.17. The summed E-state index contributed by atoms with van der Waals surface area (Å²) in [6.07, 6.45) is 1.89. The number of ether oxygens (including phenoxy) is 1. The molecule has 1 aliphatic rings. The van der Waals surface area contributed by atoms with Crippen molar-refractivity contribution < 1.29 is 4.74 Å². The van der Waals surface area contributed by atoms with Gasteiger partial charge in [0.15, 0.2) is 4.90 Å². The van der Waals surface area contributed by atoms with Crippen LogP contribution in [0.25, 0.3) is 6.08 Å². The third kappa shape index (κ3) is 2.20. The molecule has 0 unspecified atom stereocenters. The van der Waals surface area contributed by atoms with Crippen molar-refractivity contribution >= 4 is 17.0 Å². The second-order valence-corrected chi connectivity index (χ2v) is 5.56. The van der Waals surface area contributed by atoms with Gasteiger partial charge in [0.05, 0.1) is 13.2 Å². The third-order valence-electron chi connectivity index (χ3n) is 2.40. The Kier molecular flexibility index (Phi) is 3.27. The van der Waals surface area contributed by atoms with Crippen LogP contribution in [-0.2, 0) is 15.6 Å². The van der Waals surface area contributed by atoms with Gasteiger partial charge in [0.1, 0.15) is 11.5 Å². The summed E-state index contributed by atoms with van der Waals surface area (Å²) in [5, 5.41) is 0. The van der Waals surface area contributed by atoms with Crippen molar-refractivity contribution in [3.05, 3.63) is 36.4 Å². The molecule has 14 heavy (non-hydrogen) atoms. The standard InChI is InChI=1S/C12H15OS/c1-2-11-3-5-12(6-4-11)14-9-7-13-8-10-14/h2-6H,1,7-10H2/q+1. The summed E-state index contributed by atoms with van der Waals surface area (Å²) in [5.41, 5.74) is 1.20. The Morgan fingerprint density at radius 2 is 1.79 bits per heavy atom. The minimum atomic E-state index is 0.422. The van der Waals surface area contributed by atoms with Gasteiger partial charge in [-0.25, -0.2) is 0 Å². The van der Waals surface area contributed by atoms with Crippen molar-refractivity contribution in [2.45, 2.75) is 4.90 Å². The fourth-order valence-corrected chi connectivity index (χ4v) is 3.39. The third-order valence-corrected chi connectivity index (χ3v) is 4.66. The van der Waals surface area contributed by atoms with Crippen molar-refractivity contribution in [3.8, 4) is 0 Å². The molecule has 0 N–H and O–H groups in total. The zero-order chi connectivity index (χ0) is 9.80. The van der Waals surface area contributed by atoms with Crippen LogP contribution in [0.15, 0.2) is 35.7 Å². The zero-order valence-electron chi connectivity index (χ0n) is 8.24. The Hall–Kier alpha value is -0.730. The van der Waals surface area contributed by atoms with Crippen LogP contribution >= 0.6 is 0 Å². The molecule has 0 aromatic heterocycles. The molecule has 1 nitrogen and oxygen atoms in total. The molecule has 0 amide bonds. The predicted molar refractivity (Wildman–Crippen MR) is 62.7 cm³/mol. The fourth-order valence-electron chi connectivity index (χ4n) is 1.56. The van der Waals surface area contributed by atoms with E-state index >= 15 is 0 Å². The molecule has 74 valence electrons. The van der Waals surface area contributed by atoms with E-state index in [9.17, 15) is 0 Å². The van der Waals surface area contributed by atoms with Crippen LogP contribution in [-0.4, -0.2) is 24.7 Å². The van der Waals surface area contributed by atoms with E-state index in [0.29, 0.717) is 10.9 Å². The average molecular weight is 207 g/mol. The Morgan fingerprint density at radius 3 is 2.36 bits per heavy atom. The van der Waals surface area contributed by atoms with Gasteiger partial charge in [0, 0.05) is 10.9 Å². The van der Waals surface area contributed by atoms with E-state index in [2.05, 4.69) is 30.8 Å². The molecule has 0 aliphatic carbocycles. The normalized spacial score (nSPS) is 18.0. The molecule has 1 fully saturated rings. The van der Waals surface area contributed by atoms with E-state index in [-0.39, 0.29) is 0 Å². The maximum Gasteiger partial charge on any atom is 0.155 e. The quantitative estimate of drug-likeness (QED) is 0.676. The molecule has 1 aromatic carbocycles. The molecule has 0 radical (unpaired) electrons. The number of rotatable bonds is 2. The summed E-state index contributed by atoms with van der Waals surface area (Å²) in [6.45, 7) is 5.60. The largest absolute Gasteiger partial charge is 0.372 e. The topological polar surface area (TPSA) is 9.23 Å². The molecule has 0 spiro atoms. The van der Waals surface area contributed by atoms with Gasteiger partial charge in [-0.05, 0) is 17.7 Å². The van der Waals surface area contributed by atoms with Crippen LogP contribution in [0, 0.1) is 0 Å². The van der Waals surface area contributed by atoms with Crippen molar-refractivity contribution in [1.29, 1.82) is 0 Å². The summed E-state index contributed by atoms with van der Waals surface area (Å²) < 4.78 is 5.36. The maximum atomic E-state index is 5.36. The molecule has 2 rings (SSSR count). The van der Waals surface area contributed by atoms with Crippen molar-refractivity contribution in [3.63, 3.8) is 0 Å². The van der Waals surface area contributed by atoms with E-state index in [0.717, 1.165) is 13.2 Å². The Labute approximate surface area is 88.1 Å². The Morgan fingerprint density at radius 1 is 1.14 bits per heavy atom. The summed E-state index contributed by atoms with van der Waals surface area (Å²) in [7, 11) is 0.422. The van der Waals surface area contributed by atoms with Crippen LogP contribution < -0.4 is 0 Å². The second-order valence-electron chi connectivity index (χ2n) is 3.29. The minimum Gasteiger partial charge on any atom is -0.372 e. The van der Waals surface area contributed by atoms with Gasteiger partial charge in [-0.15, -0.1) is 0 Å². The summed E-state index contributed by atoms with van der Waals surface area (Å²) >= 11 is 0. The maximum absolute atomic E-state index is 5.36. The lowest BCUT2D eigenvalue weighted by Gasteiger charge is -2.13. The monoisotopic (exact) mass is 207 g/mol. The highest BCUT2D eigenvalue weighted by molar-refractivity contribution is 7.97. The average Bonchev–Trinajstić information content (AvgIpc) is 2.30. The molecule has 1 saturated heterocycles. The van der Waals surface area contributed by atoms with Crippen molar-refractivity contribution in [2.24, 2.45) is 0 Å². The second kappa shape index (κ2) is 4.67. The molecule has 2 heteroatoms. The molecule has 0 atom stereocenters. The minimum absolute atomic E-state index is 0.422. The van der Waals surface area contributed by atoms with Crippen LogP contribution in [0.5, 0.6) is 0 Å². The van der Waals surface area contributed by atoms with Gasteiger partial charge < -0.3 is 4.74 Å². The van der Waals surface area contributed by atoms with E-state index in [1.165, 1.54) is 22.0 Å². The summed E-state index contributed by atoms with van der Waals surface area (Å²) in [5.74, 6) is 2.38. The van der Waals surface area contributed by atoms with Crippen LogP contribution in [0.2, 0.25) is 0 Å². The van der Waals surface area contributed by atoms with E-state index in [4.69, 9.17) is 4.74 Å². The van der Waals surface area contributed by atoms with Gasteiger partial charge in [-0.3, -0.25) is 0 Å². The highest BCUT2D eigenvalue weighted by Gasteiger charge is 2.24. The van der Waals surface area contributed by atoms with Gasteiger partial charge in [0.25, 0.3) is 0 Å². The lowest BCUT2D eigenvalue weighted by atomic mass is 10.2. The summed E-state index contributed by atoms with van der Waals surface area (Å²) in [6, 6.07) is 8.74. The van der Waals surface area contributed by atoms with Crippen molar-refractivity contribution in [2.75, 3.05) is 24.7 Å². The van der Waals surface area contributed by atoms with Gasteiger partial charge in [-0.1, -0.05) is 24.8 Å². The molecular formula is C12H15OS+. The van der Waals surface area contributed by atoms with E-state index < -0.39 is 0 Å². The molecular weight excluding hydrogens is 192 g/mol. The van der Waals surface area contributed by atoms with Crippen LogP contribution in [0.4, 0.5) is 0 Å². The smallest absolute Gasteiger partial charge is 0.155 e. The Bertz CT molecular complexity index is 299. The number of hydrogen-bond acceptors (Lipinski definition) is 1. The Balaban J connectivity index is 2.11. The fraction of sp³-hybridized carbons (Fsp3) is 0.333. The number of benzene rings is 1. The number of hydrogen-bond donors (Lipinski definition) is 0. The molecule has 1 aromatic rings. The molecule has 1 aliphatic heterocycles. The molecule has 0 saturated carbocycles. The van der Waals surface area contributed by atoms with E-state index in [1.807, 2.05) is 6.08 Å². The lowest BCUT2D eigenvalue weighted by molar-refractivity contribution is 0.159. The predicted octanol–water partition coefficient (Wildman–Crippen LogP) is 2.34. The molecule has 1 heterocycles. The molecule has 0 bridgehead atoms. The lowest BCUT2D eigenvalue weighted by Crippen LogP contribution is -2.26. The zero-order valence-corrected chi connectivity index (χ0v) is 9.06. The first kappa shape index (κ1) is 9.81. The van der Waals surface area contributed by atoms with E-state index in [1.54, 1.807) is 0 Å². The van der Waals surface area contributed by atoms with Gasteiger partial charge >= 0.3 is 0 Å². The first-order chi connectivity index (χ1) is 6.90.